The Morgan fingerprint density at radius 1 is 0.500 bits per heavy atom. The van der Waals surface area contributed by atoms with Gasteiger partial charge in [0.15, 0.2) is 0 Å². The van der Waals surface area contributed by atoms with Crippen LogP contribution in [-0.2, 0) is 18.5 Å². The minimum Gasteiger partial charge on any atom is -0.378 e. The van der Waals surface area contributed by atoms with E-state index in [-0.39, 0.29) is 5.41 Å². The van der Waals surface area contributed by atoms with Crippen LogP contribution in [0.2, 0.25) is 0 Å². The molecule has 2 aliphatic carbocycles. The first-order valence-electron chi connectivity index (χ1n) is 13.5. The third-order valence-corrected chi connectivity index (χ3v) is 8.44. The molecular weight excluding hydrogens is 460 g/mol. The third-order valence-electron chi connectivity index (χ3n) is 8.44. The lowest BCUT2D eigenvalue weighted by molar-refractivity contribution is 0.317. The van der Waals surface area contributed by atoms with Crippen LogP contribution >= 0.6 is 0 Å². The highest BCUT2D eigenvalue weighted by Crippen LogP contribution is 2.63. The molecule has 2 heteroatoms. The number of nitrogens with zero attached hydrogens (tertiary/aromatic N) is 2. The van der Waals surface area contributed by atoms with Crippen molar-refractivity contribution in [3.63, 3.8) is 0 Å². The Morgan fingerprint density at radius 2 is 1.00 bits per heavy atom. The van der Waals surface area contributed by atoms with E-state index < -0.39 is 0 Å². The summed E-state index contributed by atoms with van der Waals surface area (Å²) in [4.78, 5) is 4.60. The van der Waals surface area contributed by atoms with Crippen LogP contribution in [0, 0.1) is 0 Å². The zero-order valence-corrected chi connectivity index (χ0v) is 22.3. The lowest BCUT2D eigenvalue weighted by Gasteiger charge is -2.33. The van der Waals surface area contributed by atoms with Crippen LogP contribution in [0.4, 0.5) is 5.69 Å². The molecule has 0 saturated heterocycles. The van der Waals surface area contributed by atoms with Gasteiger partial charge in [0.05, 0.1) is 5.41 Å². The topological polar surface area (TPSA) is 6.48 Å². The van der Waals surface area contributed by atoms with Crippen LogP contribution in [0.15, 0.2) is 115 Å². The van der Waals surface area contributed by atoms with Gasteiger partial charge in [-0.15, -0.1) is 0 Å². The molecule has 2 nitrogen and oxygen atoms in total. The Bertz CT molecular complexity index is 1600. The van der Waals surface area contributed by atoms with Gasteiger partial charge in [-0.3, -0.25) is 4.90 Å². The standard InChI is InChI=1S/C36H32N2/c1-37(2)27-21-19-25(20-22-27)23-38(3)24-26-11-10-15-31-30-14-6-9-18-34(30)36(35(26)31)32-16-7-4-12-28(32)29-13-5-8-17-33(29)36/h4-22H,23-24H2,1-3H3. The summed E-state index contributed by atoms with van der Waals surface area (Å²) in [6.45, 7) is 1.79. The van der Waals surface area contributed by atoms with Crippen LogP contribution in [-0.4, -0.2) is 26.0 Å². The summed E-state index contributed by atoms with van der Waals surface area (Å²) in [7, 11) is 6.42. The van der Waals surface area contributed by atoms with E-state index >= 15 is 0 Å². The second-order valence-corrected chi connectivity index (χ2v) is 11.0. The molecule has 0 amide bonds. The fraction of sp³-hybridized carbons (Fsp3) is 0.167. The Hall–Kier alpha value is -4.14. The van der Waals surface area contributed by atoms with E-state index in [0.717, 1.165) is 13.1 Å². The molecule has 0 heterocycles. The smallest absolute Gasteiger partial charge is 0.0728 e. The van der Waals surface area contributed by atoms with Crippen molar-refractivity contribution in [2.45, 2.75) is 18.5 Å². The van der Waals surface area contributed by atoms with Crippen LogP contribution < -0.4 is 4.90 Å². The van der Waals surface area contributed by atoms with Crippen molar-refractivity contribution in [2.24, 2.45) is 0 Å². The average Bonchev–Trinajstić information content (AvgIpc) is 3.41. The van der Waals surface area contributed by atoms with Crippen molar-refractivity contribution in [2.75, 3.05) is 26.0 Å². The molecule has 0 fully saturated rings. The lowest BCUT2D eigenvalue weighted by atomic mass is 9.69. The van der Waals surface area contributed by atoms with Crippen LogP contribution in [0.5, 0.6) is 0 Å². The number of hydrogen-bond acceptors (Lipinski definition) is 2. The maximum absolute atomic E-state index is 2.45. The molecule has 0 aromatic heterocycles. The molecule has 1 spiro atoms. The molecule has 0 saturated carbocycles. The Balaban J connectivity index is 1.38. The second-order valence-electron chi connectivity index (χ2n) is 11.0. The van der Waals surface area contributed by atoms with Gasteiger partial charge in [0.2, 0.25) is 0 Å². The van der Waals surface area contributed by atoms with Crippen molar-refractivity contribution in [3.8, 4) is 22.3 Å². The predicted molar refractivity (Wildman–Crippen MR) is 159 cm³/mol. The van der Waals surface area contributed by atoms with Gasteiger partial charge >= 0.3 is 0 Å². The summed E-state index contributed by atoms with van der Waals surface area (Å²) >= 11 is 0. The van der Waals surface area contributed by atoms with Crippen LogP contribution in [0.1, 0.15) is 33.4 Å². The highest BCUT2D eigenvalue weighted by Gasteiger charge is 2.52. The van der Waals surface area contributed by atoms with Crippen molar-refractivity contribution in [1.29, 1.82) is 0 Å². The molecule has 5 aromatic carbocycles. The van der Waals surface area contributed by atoms with Gasteiger partial charge in [-0.1, -0.05) is 103 Å². The number of benzene rings is 5. The normalized spacial score (nSPS) is 13.8. The summed E-state index contributed by atoms with van der Waals surface area (Å²) in [6, 6.07) is 43.0. The van der Waals surface area contributed by atoms with Crippen molar-refractivity contribution >= 4 is 5.69 Å². The van der Waals surface area contributed by atoms with Gasteiger partial charge < -0.3 is 4.90 Å². The minimum absolute atomic E-state index is 0.288. The molecule has 38 heavy (non-hydrogen) atoms. The Morgan fingerprint density at radius 3 is 1.55 bits per heavy atom. The van der Waals surface area contributed by atoms with Crippen LogP contribution in [0.25, 0.3) is 22.3 Å². The van der Waals surface area contributed by atoms with Gasteiger partial charge in [0.25, 0.3) is 0 Å². The maximum atomic E-state index is 2.45. The largest absolute Gasteiger partial charge is 0.378 e. The Kier molecular flexibility index (Phi) is 5.28. The van der Waals surface area contributed by atoms with Gasteiger partial charge in [0.1, 0.15) is 0 Å². The van der Waals surface area contributed by atoms with E-state index in [1.165, 1.54) is 61.3 Å². The van der Waals surface area contributed by atoms with E-state index in [9.17, 15) is 0 Å². The molecule has 5 aromatic rings. The van der Waals surface area contributed by atoms with Crippen molar-refractivity contribution < 1.29 is 0 Å². The Labute approximate surface area is 225 Å². The maximum Gasteiger partial charge on any atom is 0.0728 e. The summed E-state index contributed by atoms with van der Waals surface area (Å²) < 4.78 is 0. The minimum atomic E-state index is -0.288. The molecular formula is C36H32N2. The number of fused-ring (bicyclic) bond motifs is 10. The first kappa shape index (κ1) is 23.0. The summed E-state index contributed by atoms with van der Waals surface area (Å²) in [5.41, 5.74) is 14.8. The van der Waals surface area contributed by atoms with Crippen molar-refractivity contribution in [1.82, 2.24) is 4.90 Å². The zero-order chi connectivity index (χ0) is 25.9. The molecule has 0 unspecified atom stereocenters. The monoisotopic (exact) mass is 492 g/mol. The van der Waals surface area contributed by atoms with Gasteiger partial charge in [0, 0.05) is 32.9 Å². The first-order valence-corrected chi connectivity index (χ1v) is 13.5. The molecule has 0 bridgehead atoms. The number of rotatable bonds is 5. The summed E-state index contributed by atoms with van der Waals surface area (Å²) in [5.74, 6) is 0. The van der Waals surface area contributed by atoms with Gasteiger partial charge in [-0.2, -0.15) is 0 Å². The highest BCUT2D eigenvalue weighted by molar-refractivity contribution is 5.95. The van der Waals surface area contributed by atoms with Gasteiger partial charge in [-0.25, -0.2) is 0 Å². The molecule has 186 valence electrons. The second kappa shape index (κ2) is 8.72. The third kappa shape index (κ3) is 3.23. The van der Waals surface area contributed by atoms with E-state index in [4.69, 9.17) is 0 Å². The van der Waals surface area contributed by atoms with Crippen molar-refractivity contribution in [3.05, 3.63) is 149 Å². The summed E-state index contributed by atoms with van der Waals surface area (Å²) in [5, 5.41) is 0. The zero-order valence-electron chi connectivity index (χ0n) is 22.3. The van der Waals surface area contributed by atoms with E-state index in [1.54, 1.807) is 0 Å². The fourth-order valence-electron chi connectivity index (χ4n) is 6.93. The lowest BCUT2D eigenvalue weighted by Crippen LogP contribution is -2.28. The fourth-order valence-corrected chi connectivity index (χ4v) is 6.93. The highest BCUT2D eigenvalue weighted by atomic mass is 15.1. The SMILES string of the molecule is CN(Cc1ccc(N(C)C)cc1)Cc1cccc2c1C1(c3ccccc3-c3ccccc31)c1ccccc1-2. The number of anilines is 1. The molecule has 0 atom stereocenters. The number of hydrogen-bond donors (Lipinski definition) is 0. The molecule has 0 radical (unpaired) electrons. The van der Waals surface area contributed by atoms with E-state index in [1.807, 2.05) is 0 Å². The van der Waals surface area contributed by atoms with Gasteiger partial charge in [-0.05, 0) is 74.8 Å². The average molecular weight is 493 g/mol. The summed E-state index contributed by atoms with van der Waals surface area (Å²) in [6.07, 6.45) is 0. The predicted octanol–water partition coefficient (Wildman–Crippen LogP) is 7.73. The van der Waals surface area contributed by atoms with Crippen LogP contribution in [0.3, 0.4) is 0 Å². The quantitative estimate of drug-likeness (QED) is 0.243. The molecule has 0 N–H and O–H groups in total. The van der Waals surface area contributed by atoms with E-state index in [0.29, 0.717) is 0 Å². The first-order chi connectivity index (χ1) is 18.6. The molecule has 7 rings (SSSR count). The molecule has 2 aliphatic rings. The van der Waals surface area contributed by atoms with E-state index in [2.05, 4.69) is 146 Å². The molecule has 0 aliphatic heterocycles.